The molecule has 3 rings (SSSR count). The van der Waals surface area contributed by atoms with Crippen molar-refractivity contribution in [3.05, 3.63) is 35.9 Å². The smallest absolute Gasteiger partial charge is 0.234 e. The molecule has 2 aliphatic heterocycles. The van der Waals surface area contributed by atoms with Gasteiger partial charge >= 0.3 is 0 Å². The second-order valence-electron chi connectivity index (χ2n) is 6.33. The van der Waals surface area contributed by atoms with Crippen molar-refractivity contribution < 1.29 is 4.79 Å². The van der Waals surface area contributed by atoms with E-state index < -0.39 is 0 Å². The van der Waals surface area contributed by atoms with Crippen molar-refractivity contribution in [1.82, 2.24) is 15.5 Å². The number of nitrogens with one attached hydrogen (secondary N) is 2. The molecule has 1 aromatic carbocycles. The Balaban J connectivity index is 1.48. The number of benzene rings is 1. The monoisotopic (exact) mass is 287 g/mol. The van der Waals surface area contributed by atoms with Crippen molar-refractivity contribution in [3.63, 3.8) is 0 Å². The zero-order valence-corrected chi connectivity index (χ0v) is 12.7. The highest BCUT2D eigenvalue weighted by atomic mass is 16.2. The van der Waals surface area contributed by atoms with Gasteiger partial charge in [0, 0.05) is 19.1 Å². The molecule has 0 saturated carbocycles. The second kappa shape index (κ2) is 6.58. The van der Waals surface area contributed by atoms with Gasteiger partial charge in [0.25, 0.3) is 0 Å². The minimum atomic E-state index is 0.0735. The molecule has 4 heteroatoms. The number of piperidine rings is 1. The van der Waals surface area contributed by atoms with E-state index in [0.717, 1.165) is 31.1 Å². The Kier molecular flexibility index (Phi) is 4.56. The highest BCUT2D eigenvalue weighted by Crippen LogP contribution is 2.24. The summed E-state index contributed by atoms with van der Waals surface area (Å²) in [4.78, 5) is 14.5. The largest absolute Gasteiger partial charge is 0.348 e. The van der Waals surface area contributed by atoms with Crippen LogP contribution in [0.1, 0.15) is 31.4 Å². The lowest BCUT2D eigenvalue weighted by atomic mass is 9.93. The van der Waals surface area contributed by atoms with Crippen molar-refractivity contribution in [2.24, 2.45) is 5.92 Å². The predicted molar refractivity (Wildman–Crippen MR) is 84.0 cm³/mol. The summed E-state index contributed by atoms with van der Waals surface area (Å²) in [6.07, 6.45) is 2.43. The quantitative estimate of drug-likeness (QED) is 0.883. The van der Waals surface area contributed by atoms with Gasteiger partial charge in [0.15, 0.2) is 0 Å². The fourth-order valence-corrected chi connectivity index (χ4v) is 3.58. The van der Waals surface area contributed by atoms with Crippen LogP contribution < -0.4 is 10.6 Å². The molecule has 0 bridgehead atoms. The van der Waals surface area contributed by atoms with Gasteiger partial charge in [-0.1, -0.05) is 30.3 Å². The molecule has 2 fully saturated rings. The number of hydrogen-bond acceptors (Lipinski definition) is 3. The van der Waals surface area contributed by atoms with Crippen molar-refractivity contribution in [1.29, 1.82) is 0 Å². The Hall–Kier alpha value is -1.39. The molecular weight excluding hydrogens is 262 g/mol. The number of rotatable bonds is 4. The fraction of sp³-hybridized carbons (Fsp3) is 0.588. The highest BCUT2D eigenvalue weighted by Gasteiger charge is 2.33. The predicted octanol–water partition coefficient (Wildman–Crippen LogP) is 1.55. The number of fused-ring (bicyclic) bond motifs is 1. The van der Waals surface area contributed by atoms with Gasteiger partial charge in [-0.05, 0) is 37.8 Å². The fourth-order valence-electron chi connectivity index (χ4n) is 3.58. The second-order valence-corrected chi connectivity index (χ2v) is 6.33. The number of hydrogen-bond donors (Lipinski definition) is 2. The summed E-state index contributed by atoms with van der Waals surface area (Å²) in [6.45, 7) is 5.80. The van der Waals surface area contributed by atoms with Gasteiger partial charge in [0.2, 0.25) is 5.91 Å². The van der Waals surface area contributed by atoms with Crippen molar-refractivity contribution in [3.8, 4) is 0 Å². The van der Waals surface area contributed by atoms with Crippen LogP contribution in [0.5, 0.6) is 0 Å². The van der Waals surface area contributed by atoms with E-state index in [2.05, 4.69) is 27.7 Å². The van der Waals surface area contributed by atoms with E-state index in [9.17, 15) is 4.79 Å². The van der Waals surface area contributed by atoms with Crippen LogP contribution in [0.25, 0.3) is 0 Å². The molecule has 21 heavy (non-hydrogen) atoms. The molecule has 2 saturated heterocycles. The molecule has 3 unspecified atom stereocenters. The minimum Gasteiger partial charge on any atom is -0.348 e. The molecule has 0 aliphatic carbocycles. The van der Waals surface area contributed by atoms with Crippen molar-refractivity contribution in [2.45, 2.75) is 31.8 Å². The van der Waals surface area contributed by atoms with Crippen LogP contribution in [-0.4, -0.2) is 43.0 Å². The number of likely N-dealkylation sites (tertiary alicyclic amines) is 1. The summed E-state index contributed by atoms with van der Waals surface area (Å²) < 4.78 is 0. The van der Waals surface area contributed by atoms with E-state index in [4.69, 9.17) is 0 Å². The molecule has 0 aromatic heterocycles. The first kappa shape index (κ1) is 14.5. The van der Waals surface area contributed by atoms with Crippen LogP contribution in [0.2, 0.25) is 0 Å². The number of amides is 1. The molecule has 2 aliphatic rings. The summed E-state index contributed by atoms with van der Waals surface area (Å²) >= 11 is 0. The molecule has 0 spiro atoms. The summed E-state index contributed by atoms with van der Waals surface area (Å²) in [5, 5.41) is 6.67. The average molecular weight is 287 g/mol. The Morgan fingerprint density at radius 1 is 1.38 bits per heavy atom. The molecular formula is C17H25N3O. The maximum absolute atomic E-state index is 12.2. The van der Waals surface area contributed by atoms with Crippen LogP contribution >= 0.6 is 0 Å². The first-order valence-electron chi connectivity index (χ1n) is 8.02. The highest BCUT2D eigenvalue weighted by molar-refractivity contribution is 5.78. The summed E-state index contributed by atoms with van der Waals surface area (Å²) in [5.41, 5.74) is 1.16. The van der Waals surface area contributed by atoms with Crippen LogP contribution in [-0.2, 0) is 4.79 Å². The molecule has 1 aromatic rings. The number of carbonyl (C=O) groups is 1. The first-order valence-corrected chi connectivity index (χ1v) is 8.02. The number of nitrogens with zero attached hydrogens (tertiary/aromatic N) is 1. The maximum atomic E-state index is 12.2. The van der Waals surface area contributed by atoms with Crippen LogP contribution in [0.15, 0.2) is 30.3 Å². The minimum absolute atomic E-state index is 0.0735. The van der Waals surface area contributed by atoms with E-state index >= 15 is 0 Å². The lowest BCUT2D eigenvalue weighted by molar-refractivity contribution is -0.123. The lowest BCUT2D eigenvalue weighted by Gasteiger charge is -2.34. The van der Waals surface area contributed by atoms with E-state index in [1.54, 1.807) is 0 Å². The van der Waals surface area contributed by atoms with Crippen molar-refractivity contribution in [2.75, 3.05) is 26.2 Å². The normalized spacial score (nSPS) is 27.1. The molecule has 3 atom stereocenters. The standard InChI is InChI=1S/C17H25N3O/c1-13(14-5-3-2-4-6-14)19-17(21)12-20-10-8-16-15(11-20)7-9-18-16/h2-6,13,15-16,18H,7-12H2,1H3,(H,19,21). The van der Waals surface area contributed by atoms with Crippen molar-refractivity contribution >= 4 is 5.91 Å². The third kappa shape index (κ3) is 3.63. The van der Waals surface area contributed by atoms with E-state index in [1.807, 2.05) is 25.1 Å². The lowest BCUT2D eigenvalue weighted by Crippen LogP contribution is -2.48. The van der Waals surface area contributed by atoms with Gasteiger partial charge in [0.05, 0.1) is 12.6 Å². The Morgan fingerprint density at radius 3 is 3.00 bits per heavy atom. The van der Waals surface area contributed by atoms with Crippen LogP contribution in [0.3, 0.4) is 0 Å². The summed E-state index contributed by atoms with van der Waals surface area (Å²) in [7, 11) is 0. The summed E-state index contributed by atoms with van der Waals surface area (Å²) in [5.74, 6) is 0.869. The van der Waals surface area contributed by atoms with Crippen LogP contribution in [0.4, 0.5) is 0 Å². The SMILES string of the molecule is CC(NC(=O)CN1CCC2NCCC2C1)c1ccccc1. The molecule has 0 radical (unpaired) electrons. The molecule has 2 heterocycles. The van der Waals surface area contributed by atoms with Gasteiger partial charge in [-0.2, -0.15) is 0 Å². The molecule has 4 nitrogen and oxygen atoms in total. The maximum Gasteiger partial charge on any atom is 0.234 e. The van der Waals surface area contributed by atoms with Gasteiger partial charge in [-0.15, -0.1) is 0 Å². The average Bonchev–Trinajstić information content (AvgIpc) is 2.95. The van der Waals surface area contributed by atoms with E-state index in [1.165, 1.54) is 12.8 Å². The number of carbonyl (C=O) groups excluding carboxylic acids is 1. The zero-order valence-electron chi connectivity index (χ0n) is 12.7. The van der Waals surface area contributed by atoms with Gasteiger partial charge in [0.1, 0.15) is 0 Å². The first-order chi connectivity index (χ1) is 10.2. The van der Waals surface area contributed by atoms with E-state index in [0.29, 0.717) is 12.6 Å². The Bertz CT molecular complexity index is 476. The van der Waals surface area contributed by atoms with Gasteiger partial charge < -0.3 is 10.6 Å². The van der Waals surface area contributed by atoms with Gasteiger partial charge in [-0.3, -0.25) is 9.69 Å². The molecule has 2 N–H and O–H groups in total. The van der Waals surface area contributed by atoms with Gasteiger partial charge in [-0.25, -0.2) is 0 Å². The third-order valence-electron chi connectivity index (χ3n) is 4.78. The van der Waals surface area contributed by atoms with E-state index in [-0.39, 0.29) is 11.9 Å². The topological polar surface area (TPSA) is 44.4 Å². The molecule has 114 valence electrons. The zero-order chi connectivity index (χ0) is 14.7. The van der Waals surface area contributed by atoms with Crippen LogP contribution in [0, 0.1) is 5.92 Å². The summed E-state index contributed by atoms with van der Waals surface area (Å²) in [6, 6.07) is 10.9. The Morgan fingerprint density at radius 2 is 2.19 bits per heavy atom. The molecule has 1 amide bonds. The Labute approximate surface area is 126 Å². The third-order valence-corrected chi connectivity index (χ3v) is 4.78.